The van der Waals surface area contributed by atoms with Crippen LogP contribution in [0, 0.1) is 11.8 Å². The van der Waals surface area contributed by atoms with Crippen LogP contribution < -0.4 is 9.47 Å². The van der Waals surface area contributed by atoms with E-state index < -0.39 is 6.61 Å². The third-order valence-electron chi connectivity index (χ3n) is 5.24. The molecule has 2 aromatic rings. The van der Waals surface area contributed by atoms with Crippen molar-refractivity contribution in [2.75, 3.05) is 0 Å². The summed E-state index contributed by atoms with van der Waals surface area (Å²) in [6.45, 7) is -0.633. The van der Waals surface area contributed by atoms with E-state index in [4.69, 9.17) is 4.74 Å². The normalized spacial score (nSPS) is 19.7. The van der Waals surface area contributed by atoms with Gasteiger partial charge in [-0.05, 0) is 67.0 Å². The van der Waals surface area contributed by atoms with Gasteiger partial charge in [0.1, 0.15) is 11.5 Å². The van der Waals surface area contributed by atoms with E-state index in [9.17, 15) is 13.6 Å². The van der Waals surface area contributed by atoms with Gasteiger partial charge >= 0.3 is 12.6 Å². The van der Waals surface area contributed by atoms with Crippen LogP contribution in [0.2, 0.25) is 0 Å². The topological polar surface area (TPSA) is 35.5 Å². The van der Waals surface area contributed by atoms with Crippen LogP contribution in [0.5, 0.6) is 11.5 Å². The van der Waals surface area contributed by atoms with Gasteiger partial charge in [-0.2, -0.15) is 8.78 Å². The molecule has 2 aromatic carbocycles. The van der Waals surface area contributed by atoms with Gasteiger partial charge in [-0.15, -0.1) is 0 Å². The minimum absolute atomic E-state index is 0.00476. The molecule has 144 valence electrons. The average Bonchev–Trinajstić information content (AvgIpc) is 2.69. The van der Waals surface area contributed by atoms with E-state index in [2.05, 4.69) is 11.7 Å². The summed E-state index contributed by atoms with van der Waals surface area (Å²) in [6.07, 6.45) is 5.18. The second-order valence-electron chi connectivity index (χ2n) is 6.97. The lowest BCUT2D eigenvalue weighted by molar-refractivity contribution is -0.140. The van der Waals surface area contributed by atoms with Gasteiger partial charge < -0.3 is 9.47 Å². The molecule has 5 heteroatoms. The molecule has 3 rings (SSSR count). The summed E-state index contributed by atoms with van der Waals surface area (Å²) in [5.41, 5.74) is 1.77. The highest BCUT2D eigenvalue weighted by Gasteiger charge is 2.26. The lowest BCUT2D eigenvalue weighted by Gasteiger charge is -2.26. The molecule has 0 amide bonds. The van der Waals surface area contributed by atoms with E-state index in [-0.39, 0.29) is 17.6 Å². The maximum Gasteiger partial charge on any atom is 0.387 e. The molecule has 1 aliphatic rings. The van der Waals surface area contributed by atoms with Crippen LogP contribution in [0.3, 0.4) is 0 Å². The molecular formula is C22H24F2O3. The number of carbonyl (C=O) groups excluding carboxylic acids is 1. The summed E-state index contributed by atoms with van der Waals surface area (Å²) >= 11 is 0. The number of benzene rings is 2. The predicted molar refractivity (Wildman–Crippen MR) is 99.9 cm³/mol. The molecule has 0 aromatic heterocycles. The number of alkyl halides is 2. The third-order valence-corrected chi connectivity index (χ3v) is 5.24. The zero-order valence-corrected chi connectivity index (χ0v) is 15.4. The zero-order chi connectivity index (χ0) is 19.2. The first-order chi connectivity index (χ1) is 13.0. The molecule has 1 saturated carbocycles. The van der Waals surface area contributed by atoms with Gasteiger partial charge in [0.15, 0.2) is 0 Å². The van der Waals surface area contributed by atoms with Gasteiger partial charge in [0.05, 0.1) is 5.92 Å². The number of ether oxygens (including phenoxy) is 2. The van der Waals surface area contributed by atoms with Crippen LogP contribution in [0.4, 0.5) is 8.78 Å². The molecule has 3 nitrogen and oxygen atoms in total. The summed E-state index contributed by atoms with van der Waals surface area (Å²) in [5.74, 6) is 1.24. The van der Waals surface area contributed by atoms with Crippen molar-refractivity contribution in [3.8, 4) is 22.6 Å². The van der Waals surface area contributed by atoms with E-state index in [0.29, 0.717) is 5.75 Å². The van der Waals surface area contributed by atoms with Gasteiger partial charge in [-0.25, -0.2) is 0 Å². The van der Waals surface area contributed by atoms with Gasteiger partial charge in [-0.1, -0.05) is 37.6 Å². The Labute approximate surface area is 158 Å². The second-order valence-corrected chi connectivity index (χ2v) is 6.97. The number of carbonyl (C=O) groups is 1. The van der Waals surface area contributed by atoms with Crippen LogP contribution in [0.1, 0.15) is 39.0 Å². The minimum Gasteiger partial charge on any atom is -0.435 e. The first-order valence-corrected chi connectivity index (χ1v) is 9.42. The van der Waals surface area contributed by atoms with Gasteiger partial charge in [0.25, 0.3) is 0 Å². The number of esters is 1. The molecule has 0 radical (unpaired) electrons. The number of halogens is 2. The Hall–Kier alpha value is -2.43. The maximum atomic E-state index is 12.3. The highest BCUT2D eigenvalue weighted by atomic mass is 19.3. The highest BCUT2D eigenvalue weighted by molar-refractivity contribution is 5.75. The molecule has 0 aliphatic heterocycles. The first kappa shape index (κ1) is 19.3. The minimum atomic E-state index is -2.83. The highest BCUT2D eigenvalue weighted by Crippen LogP contribution is 2.32. The van der Waals surface area contributed by atoms with E-state index in [0.717, 1.165) is 42.7 Å². The Balaban J connectivity index is 1.58. The number of rotatable bonds is 6. The van der Waals surface area contributed by atoms with Crippen molar-refractivity contribution >= 4 is 5.97 Å². The van der Waals surface area contributed by atoms with Gasteiger partial charge in [-0.3, -0.25) is 4.79 Å². The van der Waals surface area contributed by atoms with Crippen LogP contribution in [0.25, 0.3) is 11.1 Å². The summed E-state index contributed by atoms with van der Waals surface area (Å²) in [7, 11) is 0. The molecule has 0 heterocycles. The Kier molecular flexibility index (Phi) is 6.43. The van der Waals surface area contributed by atoms with Crippen LogP contribution in [-0.4, -0.2) is 12.6 Å². The van der Waals surface area contributed by atoms with Crippen molar-refractivity contribution in [3.63, 3.8) is 0 Å². The predicted octanol–water partition coefficient (Wildman–Crippen LogP) is 6.08. The third kappa shape index (κ3) is 5.28. The van der Waals surface area contributed by atoms with Crippen molar-refractivity contribution in [2.24, 2.45) is 11.8 Å². The molecule has 0 atom stereocenters. The fourth-order valence-electron chi connectivity index (χ4n) is 3.55. The van der Waals surface area contributed by atoms with Crippen molar-refractivity contribution < 1.29 is 23.0 Å². The molecule has 0 saturated heterocycles. The summed E-state index contributed by atoms with van der Waals surface area (Å²) in [6, 6.07) is 13.6. The number of hydrogen-bond acceptors (Lipinski definition) is 3. The molecule has 27 heavy (non-hydrogen) atoms. The lowest BCUT2D eigenvalue weighted by atomic mass is 9.81. The molecular weight excluding hydrogens is 350 g/mol. The first-order valence-electron chi connectivity index (χ1n) is 9.42. The Morgan fingerprint density at radius 3 is 1.93 bits per heavy atom. The lowest BCUT2D eigenvalue weighted by Crippen LogP contribution is -2.25. The van der Waals surface area contributed by atoms with Crippen molar-refractivity contribution in [1.82, 2.24) is 0 Å². The fourth-order valence-corrected chi connectivity index (χ4v) is 3.55. The monoisotopic (exact) mass is 374 g/mol. The summed E-state index contributed by atoms with van der Waals surface area (Å²) < 4.78 is 34.3. The zero-order valence-electron chi connectivity index (χ0n) is 15.4. The molecule has 0 N–H and O–H groups in total. The fraction of sp³-hybridized carbons (Fsp3) is 0.409. The Bertz CT molecular complexity index is 733. The Morgan fingerprint density at radius 2 is 1.44 bits per heavy atom. The smallest absolute Gasteiger partial charge is 0.387 e. The van der Waals surface area contributed by atoms with Crippen molar-refractivity contribution in [1.29, 1.82) is 0 Å². The van der Waals surface area contributed by atoms with Gasteiger partial charge in [0, 0.05) is 0 Å². The van der Waals surface area contributed by atoms with E-state index in [1.807, 2.05) is 12.1 Å². The number of hydrogen-bond donors (Lipinski definition) is 0. The molecule has 0 bridgehead atoms. The van der Waals surface area contributed by atoms with Gasteiger partial charge in [0.2, 0.25) is 0 Å². The molecule has 0 spiro atoms. The van der Waals surface area contributed by atoms with E-state index >= 15 is 0 Å². The van der Waals surface area contributed by atoms with Crippen LogP contribution in [-0.2, 0) is 4.79 Å². The van der Waals surface area contributed by atoms with Crippen LogP contribution >= 0.6 is 0 Å². The Morgan fingerprint density at radius 1 is 0.926 bits per heavy atom. The van der Waals surface area contributed by atoms with E-state index in [1.165, 1.54) is 18.6 Å². The maximum absolute atomic E-state index is 12.3. The average molecular weight is 374 g/mol. The summed E-state index contributed by atoms with van der Waals surface area (Å²) in [4.78, 5) is 12.3. The second kappa shape index (κ2) is 8.98. The van der Waals surface area contributed by atoms with Crippen molar-refractivity contribution in [2.45, 2.75) is 45.6 Å². The SMILES string of the molecule is CC[C@H]1CC[C@H](C(=O)Oc2ccc(-c3ccc(OC(F)F)cc3)cc2)CC1. The summed E-state index contributed by atoms with van der Waals surface area (Å²) in [5, 5.41) is 0. The quantitative estimate of drug-likeness (QED) is 0.454. The standard InChI is InChI=1S/C22H24F2O3/c1-2-15-3-5-18(6-4-15)21(25)26-19-11-7-16(8-12-19)17-9-13-20(14-10-17)27-22(23)24/h7-15,18,22H,2-6H2,1H3/t15-,18-. The van der Waals surface area contributed by atoms with Crippen molar-refractivity contribution in [3.05, 3.63) is 48.5 Å². The molecule has 1 aliphatic carbocycles. The largest absolute Gasteiger partial charge is 0.435 e. The van der Waals surface area contributed by atoms with E-state index in [1.54, 1.807) is 24.3 Å². The molecule has 1 fully saturated rings. The molecule has 0 unspecified atom stereocenters. The van der Waals surface area contributed by atoms with Crippen LogP contribution in [0.15, 0.2) is 48.5 Å².